The minimum Gasteiger partial charge on any atom is -0.395 e. The number of amides is 1. The zero-order valence-corrected chi connectivity index (χ0v) is 15.6. The topological polar surface area (TPSA) is 90.0 Å². The monoisotopic (exact) mass is 369 g/mol. The first-order valence-corrected chi connectivity index (χ1v) is 9.94. The second-order valence-corrected chi connectivity index (χ2v) is 8.44. The van der Waals surface area contributed by atoms with E-state index in [0.717, 1.165) is 25.9 Å². The lowest BCUT2D eigenvalue weighted by molar-refractivity contribution is 0.0963. The van der Waals surface area contributed by atoms with Gasteiger partial charge in [-0.3, -0.25) is 4.79 Å². The molecule has 0 aromatic heterocycles. The predicted octanol–water partition coefficient (Wildman–Crippen LogP) is 0.371. The third kappa shape index (κ3) is 5.01. The number of aliphatic hydroxyl groups is 1. The number of benzene rings is 1. The van der Waals surface area contributed by atoms with Gasteiger partial charge in [0.1, 0.15) is 0 Å². The Balaban J connectivity index is 1.98. The quantitative estimate of drug-likeness (QED) is 0.725. The summed E-state index contributed by atoms with van der Waals surface area (Å²) >= 11 is 0. The Kier molecular flexibility index (Phi) is 6.95. The van der Waals surface area contributed by atoms with Gasteiger partial charge < -0.3 is 15.3 Å². The zero-order chi connectivity index (χ0) is 18.4. The van der Waals surface area contributed by atoms with Crippen LogP contribution in [0.3, 0.4) is 0 Å². The van der Waals surface area contributed by atoms with E-state index in [4.69, 9.17) is 5.11 Å². The molecular formula is C17H27N3O4S. The summed E-state index contributed by atoms with van der Waals surface area (Å²) < 4.78 is 26.8. The number of hydrogen-bond acceptors (Lipinski definition) is 5. The van der Waals surface area contributed by atoms with Crippen molar-refractivity contribution in [3.05, 3.63) is 29.8 Å². The summed E-state index contributed by atoms with van der Waals surface area (Å²) in [5.41, 5.74) is 0.431. The molecule has 0 aliphatic carbocycles. The van der Waals surface area contributed by atoms with Gasteiger partial charge in [0.25, 0.3) is 5.91 Å². The van der Waals surface area contributed by atoms with E-state index < -0.39 is 10.0 Å². The fraction of sp³-hybridized carbons (Fsp3) is 0.588. The summed E-state index contributed by atoms with van der Waals surface area (Å²) in [4.78, 5) is 13.9. The van der Waals surface area contributed by atoms with E-state index in [-0.39, 0.29) is 17.4 Å². The van der Waals surface area contributed by atoms with Crippen molar-refractivity contribution in [3.8, 4) is 0 Å². The molecule has 1 saturated heterocycles. The lowest BCUT2D eigenvalue weighted by Gasteiger charge is -2.33. The van der Waals surface area contributed by atoms with E-state index in [9.17, 15) is 13.2 Å². The summed E-state index contributed by atoms with van der Waals surface area (Å²) in [7, 11) is -0.430. The lowest BCUT2D eigenvalue weighted by Crippen LogP contribution is -2.40. The summed E-state index contributed by atoms with van der Waals surface area (Å²) in [5.74, 6) is 0.0757. The number of nitrogens with zero attached hydrogens (tertiary/aromatic N) is 2. The van der Waals surface area contributed by atoms with E-state index in [1.807, 2.05) is 0 Å². The highest BCUT2D eigenvalue weighted by Crippen LogP contribution is 2.22. The molecule has 0 atom stereocenters. The molecule has 0 unspecified atom stereocenters. The van der Waals surface area contributed by atoms with Crippen molar-refractivity contribution in [2.45, 2.75) is 17.7 Å². The number of piperidine rings is 1. The fourth-order valence-corrected chi connectivity index (χ4v) is 4.35. The molecule has 1 aromatic carbocycles. The molecule has 2 N–H and O–H groups in total. The van der Waals surface area contributed by atoms with E-state index in [2.05, 4.69) is 10.2 Å². The minimum absolute atomic E-state index is 0.158. The minimum atomic E-state index is -3.56. The Hall–Kier alpha value is -1.48. The number of nitrogens with one attached hydrogen (secondary N) is 1. The van der Waals surface area contributed by atoms with Crippen LogP contribution in [-0.4, -0.2) is 75.5 Å². The Morgan fingerprint density at radius 2 is 1.88 bits per heavy atom. The molecule has 25 heavy (non-hydrogen) atoms. The summed E-state index contributed by atoms with van der Waals surface area (Å²) in [6, 6.07) is 5.99. The van der Waals surface area contributed by atoms with Crippen LogP contribution in [0.25, 0.3) is 0 Å². The molecule has 2 rings (SSSR count). The highest BCUT2D eigenvalue weighted by molar-refractivity contribution is 7.89. The van der Waals surface area contributed by atoms with Gasteiger partial charge in [0.2, 0.25) is 10.0 Å². The van der Waals surface area contributed by atoms with Crippen LogP contribution < -0.4 is 5.32 Å². The van der Waals surface area contributed by atoms with Gasteiger partial charge >= 0.3 is 0 Å². The van der Waals surface area contributed by atoms with Crippen molar-refractivity contribution in [1.82, 2.24) is 14.5 Å². The van der Waals surface area contributed by atoms with Crippen molar-refractivity contribution in [1.29, 1.82) is 0 Å². The molecule has 1 fully saturated rings. The number of likely N-dealkylation sites (tertiary alicyclic amines) is 1. The number of β-amino-alcohol motifs (C(OH)–C–C–N with tert-alkyl or cyclic N) is 1. The van der Waals surface area contributed by atoms with Gasteiger partial charge in [-0.15, -0.1) is 0 Å². The van der Waals surface area contributed by atoms with Crippen molar-refractivity contribution in [2.75, 3.05) is 46.9 Å². The Bertz CT molecular complexity index is 668. The van der Waals surface area contributed by atoms with Crippen molar-refractivity contribution < 1.29 is 18.3 Å². The van der Waals surface area contributed by atoms with Gasteiger partial charge in [-0.2, -0.15) is 0 Å². The molecule has 1 aliphatic heterocycles. The molecule has 1 aliphatic rings. The van der Waals surface area contributed by atoms with Crippen molar-refractivity contribution >= 4 is 15.9 Å². The lowest BCUT2D eigenvalue weighted by atomic mass is 9.97. The standard InChI is InChI=1S/C17H27N3O4S/c1-18-17(22)15-3-5-16(6-4-15)25(23,24)19(2)13-14-7-9-20(10-8-14)11-12-21/h3-6,14,21H,7-13H2,1-2H3,(H,18,22). The number of carbonyl (C=O) groups excluding carboxylic acids is 1. The van der Waals surface area contributed by atoms with Gasteiger partial charge in [0.05, 0.1) is 11.5 Å². The number of carbonyl (C=O) groups is 1. The van der Waals surface area contributed by atoms with Crippen LogP contribution in [0.4, 0.5) is 0 Å². The fourth-order valence-electron chi connectivity index (χ4n) is 3.10. The number of rotatable bonds is 7. The number of sulfonamides is 1. The maximum absolute atomic E-state index is 12.7. The van der Waals surface area contributed by atoms with Crippen LogP contribution in [0.1, 0.15) is 23.2 Å². The first-order valence-electron chi connectivity index (χ1n) is 8.50. The number of hydrogen-bond donors (Lipinski definition) is 2. The average Bonchev–Trinajstić information content (AvgIpc) is 2.63. The first kappa shape index (κ1) is 19.8. The maximum Gasteiger partial charge on any atom is 0.251 e. The van der Waals surface area contributed by atoms with Gasteiger partial charge in [0, 0.05) is 32.7 Å². The molecular weight excluding hydrogens is 342 g/mol. The highest BCUT2D eigenvalue weighted by atomic mass is 32.2. The van der Waals surface area contributed by atoms with Gasteiger partial charge in [-0.05, 0) is 56.1 Å². The molecule has 0 bridgehead atoms. The molecule has 1 heterocycles. The molecule has 140 valence electrons. The largest absolute Gasteiger partial charge is 0.395 e. The molecule has 1 aromatic rings. The Labute approximate surface area is 149 Å². The average molecular weight is 369 g/mol. The van der Waals surface area contributed by atoms with Crippen LogP contribution in [0.5, 0.6) is 0 Å². The summed E-state index contributed by atoms with van der Waals surface area (Å²) in [5, 5.41) is 11.5. The third-order valence-corrected chi connectivity index (χ3v) is 6.53. The molecule has 1 amide bonds. The Morgan fingerprint density at radius 3 is 2.40 bits per heavy atom. The molecule has 7 nitrogen and oxygen atoms in total. The van der Waals surface area contributed by atoms with E-state index in [0.29, 0.717) is 24.6 Å². The van der Waals surface area contributed by atoms with Gasteiger partial charge in [0.15, 0.2) is 0 Å². The Morgan fingerprint density at radius 1 is 1.28 bits per heavy atom. The van der Waals surface area contributed by atoms with Crippen molar-refractivity contribution in [3.63, 3.8) is 0 Å². The number of aliphatic hydroxyl groups excluding tert-OH is 1. The van der Waals surface area contributed by atoms with Crippen LogP contribution in [0.15, 0.2) is 29.2 Å². The summed E-state index contributed by atoms with van der Waals surface area (Å²) in [6.45, 7) is 3.09. The zero-order valence-electron chi connectivity index (χ0n) is 14.8. The summed E-state index contributed by atoms with van der Waals surface area (Å²) in [6.07, 6.45) is 1.85. The van der Waals surface area contributed by atoms with Crippen LogP contribution >= 0.6 is 0 Å². The molecule has 8 heteroatoms. The second kappa shape index (κ2) is 8.75. The molecule has 0 radical (unpaired) electrons. The third-order valence-electron chi connectivity index (χ3n) is 4.69. The van der Waals surface area contributed by atoms with Crippen LogP contribution in [-0.2, 0) is 10.0 Å². The smallest absolute Gasteiger partial charge is 0.251 e. The normalized spacial score (nSPS) is 17.0. The second-order valence-electron chi connectivity index (χ2n) is 6.40. The van der Waals surface area contributed by atoms with E-state index in [1.54, 1.807) is 7.05 Å². The highest BCUT2D eigenvalue weighted by Gasteiger charge is 2.26. The molecule has 0 spiro atoms. The van der Waals surface area contributed by atoms with E-state index >= 15 is 0 Å². The van der Waals surface area contributed by atoms with Crippen LogP contribution in [0, 0.1) is 5.92 Å². The van der Waals surface area contributed by atoms with E-state index in [1.165, 1.54) is 35.6 Å². The predicted molar refractivity (Wildman–Crippen MR) is 95.9 cm³/mol. The molecule has 0 saturated carbocycles. The van der Waals surface area contributed by atoms with Gasteiger partial charge in [-0.1, -0.05) is 0 Å². The SMILES string of the molecule is CNC(=O)c1ccc(S(=O)(=O)N(C)CC2CCN(CCO)CC2)cc1. The van der Waals surface area contributed by atoms with Crippen molar-refractivity contribution in [2.24, 2.45) is 5.92 Å². The first-order chi connectivity index (χ1) is 11.9. The van der Waals surface area contributed by atoms with Crippen LogP contribution in [0.2, 0.25) is 0 Å². The van der Waals surface area contributed by atoms with Gasteiger partial charge in [-0.25, -0.2) is 12.7 Å². The maximum atomic E-state index is 12.7.